The molecule has 0 unspecified atom stereocenters. The lowest BCUT2D eigenvalue weighted by atomic mass is 10.1. The first-order valence-corrected chi connectivity index (χ1v) is 23.9. The van der Waals surface area contributed by atoms with Crippen LogP contribution < -0.4 is 5.32 Å². The van der Waals surface area contributed by atoms with Crippen molar-refractivity contribution in [1.29, 1.82) is 0 Å². The number of aryl methyl sites for hydroxylation is 1. The van der Waals surface area contributed by atoms with E-state index in [0.717, 1.165) is 23.1 Å². The zero-order valence-corrected chi connectivity index (χ0v) is 37.2. The lowest BCUT2D eigenvalue weighted by Gasteiger charge is -2.35. The number of anilines is 1. The Balaban J connectivity index is 1.19. The van der Waals surface area contributed by atoms with Gasteiger partial charge in [-0.25, -0.2) is 19.4 Å². The number of carboxylic acids is 1. The second kappa shape index (κ2) is 17.9. The predicted molar refractivity (Wildman–Crippen MR) is 227 cm³/mol. The lowest BCUT2D eigenvalue weighted by molar-refractivity contribution is -0.141. The molecule has 332 valence electrons. The number of carboxylic acid groups (broad SMARTS) is 1. The van der Waals surface area contributed by atoms with Crippen molar-refractivity contribution in [3.8, 4) is 17.1 Å². The van der Waals surface area contributed by atoms with Gasteiger partial charge in [-0.3, -0.25) is 14.4 Å². The van der Waals surface area contributed by atoms with Crippen LogP contribution >= 0.6 is 11.6 Å². The molecule has 1 saturated heterocycles. The minimum atomic E-state index is -4.90. The predicted octanol–water partition coefficient (Wildman–Crippen LogP) is 7.57. The molecule has 0 saturated carbocycles. The van der Waals surface area contributed by atoms with E-state index in [-0.39, 0.29) is 90.8 Å². The number of amides is 3. The summed E-state index contributed by atoms with van der Waals surface area (Å²) in [4.78, 5) is 62.5. The Kier molecular flexibility index (Phi) is 13.2. The first kappa shape index (κ1) is 45.8. The van der Waals surface area contributed by atoms with E-state index in [1.807, 2.05) is 4.57 Å². The van der Waals surface area contributed by atoms with Crippen LogP contribution in [0.15, 0.2) is 48.8 Å². The van der Waals surface area contributed by atoms with Crippen molar-refractivity contribution in [1.82, 2.24) is 38.7 Å². The molecule has 1 aliphatic heterocycles. The first-order chi connectivity index (χ1) is 29.0. The number of rotatable bonds is 13. The maximum atomic E-state index is 14.5. The molecule has 0 radical (unpaired) electrons. The number of aromatic nitrogens is 6. The van der Waals surface area contributed by atoms with Crippen molar-refractivity contribution in [2.45, 2.75) is 77.8 Å². The average molecular weight is 900 g/mol. The number of ether oxygens (including phenoxy) is 2. The maximum Gasteiger partial charge on any atom is 0.435 e. The number of piperazine rings is 1. The molecule has 5 aromatic rings. The van der Waals surface area contributed by atoms with E-state index in [2.05, 4.69) is 40.0 Å². The van der Waals surface area contributed by atoms with Crippen molar-refractivity contribution in [3.63, 3.8) is 0 Å². The number of halogens is 4. The fourth-order valence-electron chi connectivity index (χ4n) is 6.74. The molecule has 3 amide bonds. The molecular weight excluding hydrogens is 851 g/mol. The third-order valence-electron chi connectivity index (χ3n) is 10.0. The number of imidazole rings is 1. The molecule has 0 atom stereocenters. The van der Waals surface area contributed by atoms with E-state index in [4.69, 9.17) is 21.1 Å². The fraction of sp³-hybridized carbons (Fsp3) is 0.439. The molecule has 1 aromatic carbocycles. The highest BCUT2D eigenvalue weighted by Crippen LogP contribution is 2.37. The quantitative estimate of drug-likeness (QED) is 0.0885. The van der Waals surface area contributed by atoms with Crippen LogP contribution in [0.2, 0.25) is 30.7 Å². The molecule has 62 heavy (non-hydrogen) atoms. The van der Waals surface area contributed by atoms with Crippen molar-refractivity contribution in [2.75, 3.05) is 38.1 Å². The van der Waals surface area contributed by atoms with Gasteiger partial charge in [-0.1, -0.05) is 31.2 Å². The van der Waals surface area contributed by atoms with E-state index in [9.17, 15) is 37.5 Å². The van der Waals surface area contributed by atoms with Gasteiger partial charge in [-0.15, -0.1) is 0 Å². The topological polar surface area (TPSA) is 179 Å². The van der Waals surface area contributed by atoms with Crippen molar-refractivity contribution < 1.29 is 46.9 Å². The summed E-state index contributed by atoms with van der Waals surface area (Å²) in [6, 6.07) is 10.1. The summed E-state index contributed by atoms with van der Waals surface area (Å²) < 4.78 is 59.0. The van der Waals surface area contributed by atoms with E-state index >= 15 is 0 Å². The number of pyridine rings is 1. The number of nitrogens with one attached hydrogen (secondary N) is 1. The minimum Gasteiger partial charge on any atom is -0.481 e. The lowest BCUT2D eigenvalue weighted by Crippen LogP contribution is -2.51. The Bertz CT molecular complexity index is 2500. The minimum absolute atomic E-state index is 0.0516. The first-order valence-electron chi connectivity index (χ1n) is 19.9. The van der Waals surface area contributed by atoms with Gasteiger partial charge in [-0.05, 0) is 69.6 Å². The molecular formula is C41H49ClF3N9O7Si. The fourth-order valence-corrected chi connectivity index (χ4v) is 7.76. The summed E-state index contributed by atoms with van der Waals surface area (Å²) in [6.45, 7) is 13.8. The number of fused-ring (bicyclic) bond motifs is 1. The number of aliphatic carboxylic acids is 1. The number of hydrogen-bond acceptors (Lipinski definition) is 9. The Hall–Kier alpha value is -5.73. The summed E-state index contributed by atoms with van der Waals surface area (Å²) in [5, 5.41) is 15.9. The number of carbonyl (C=O) groups is 4. The largest absolute Gasteiger partial charge is 0.481 e. The third-order valence-corrected chi connectivity index (χ3v) is 12.0. The van der Waals surface area contributed by atoms with Crippen LogP contribution in [0, 0.1) is 0 Å². The molecule has 6 rings (SSSR count). The number of carbonyl (C=O) groups excluding carboxylic acids is 3. The normalized spacial score (nSPS) is 13.8. The molecule has 0 aliphatic carbocycles. The van der Waals surface area contributed by atoms with Crippen LogP contribution in [0.3, 0.4) is 0 Å². The SMILES string of the molecule is Cn1c(-c2cn(-c3ccc4c(cc(CCC(=O)O)n4COCC[Si](C)(C)C)n3)nc2C(F)(F)F)cnc1C(=O)Nc1ccc(C(=O)N2CCN(C(=O)OC(C)(C)C)CC2)c(Cl)c1. The Labute approximate surface area is 361 Å². The molecule has 0 spiro atoms. The van der Waals surface area contributed by atoms with Crippen molar-refractivity contribution >= 4 is 60.3 Å². The number of alkyl halides is 3. The van der Waals surface area contributed by atoms with Crippen LogP contribution in [0.1, 0.15) is 59.6 Å². The van der Waals surface area contributed by atoms with E-state index in [0.29, 0.717) is 23.3 Å². The van der Waals surface area contributed by atoms with Gasteiger partial charge < -0.3 is 38.8 Å². The number of benzene rings is 1. The molecule has 16 nitrogen and oxygen atoms in total. The van der Waals surface area contributed by atoms with Crippen LogP contribution in [0.25, 0.3) is 28.1 Å². The maximum absolute atomic E-state index is 14.5. The van der Waals surface area contributed by atoms with Gasteiger partial charge in [0.2, 0.25) is 0 Å². The van der Waals surface area contributed by atoms with Gasteiger partial charge in [0, 0.05) is 65.5 Å². The van der Waals surface area contributed by atoms with Gasteiger partial charge in [-0.2, -0.15) is 18.3 Å². The Morgan fingerprint density at radius 1 is 0.984 bits per heavy atom. The highest BCUT2D eigenvalue weighted by molar-refractivity contribution is 6.76. The molecule has 4 aromatic heterocycles. The highest BCUT2D eigenvalue weighted by Gasteiger charge is 2.39. The molecule has 5 heterocycles. The van der Waals surface area contributed by atoms with Gasteiger partial charge >= 0.3 is 18.2 Å². The van der Waals surface area contributed by atoms with Crippen LogP contribution in [-0.2, 0) is 40.6 Å². The standard InChI is InChI=1S/C41H49ClF3N9O7Si/c1-40(2,3)61-39(59)52-16-14-51(15-17-52)38(58)27-10-8-25(20-29(27)42)47-37(57)36-46-22-32(50(36)4)28-23-54(49-35(28)41(43,44)45)33-12-11-31-30(48-33)21-26(9-13-34(55)56)53(31)24-60-18-19-62(5,6)7/h8,10-12,20-23H,9,13-19,24H2,1-7H3,(H,47,57)(H,55,56). The second-order valence-electron chi connectivity index (χ2n) is 17.1. The van der Waals surface area contributed by atoms with E-state index in [1.165, 1.54) is 40.8 Å². The van der Waals surface area contributed by atoms with E-state index < -0.39 is 43.5 Å². The summed E-state index contributed by atoms with van der Waals surface area (Å²) in [5.41, 5.74) is -0.235. The Morgan fingerprint density at radius 3 is 2.31 bits per heavy atom. The molecule has 1 fully saturated rings. The van der Waals surface area contributed by atoms with Gasteiger partial charge in [0.15, 0.2) is 17.3 Å². The zero-order chi connectivity index (χ0) is 45.3. The molecule has 1 aliphatic rings. The highest BCUT2D eigenvalue weighted by atomic mass is 35.5. The monoisotopic (exact) mass is 899 g/mol. The molecule has 2 N–H and O–H groups in total. The van der Waals surface area contributed by atoms with Gasteiger partial charge in [0.25, 0.3) is 11.8 Å². The zero-order valence-electron chi connectivity index (χ0n) is 35.5. The molecule has 0 bridgehead atoms. The average Bonchev–Trinajstić information content (AvgIpc) is 3.89. The summed E-state index contributed by atoms with van der Waals surface area (Å²) in [6.07, 6.45) is -3.02. The summed E-state index contributed by atoms with van der Waals surface area (Å²) >= 11 is 6.51. The summed E-state index contributed by atoms with van der Waals surface area (Å²) in [7, 11) is 0.0222. The van der Waals surface area contributed by atoms with Crippen molar-refractivity contribution in [2.24, 2.45) is 7.05 Å². The van der Waals surface area contributed by atoms with Gasteiger partial charge in [0.05, 0.1) is 45.5 Å². The van der Waals surface area contributed by atoms with Crippen LogP contribution in [0.5, 0.6) is 0 Å². The van der Waals surface area contributed by atoms with Crippen LogP contribution in [0.4, 0.5) is 23.7 Å². The number of hydrogen-bond donors (Lipinski definition) is 2. The van der Waals surface area contributed by atoms with Crippen LogP contribution in [-0.4, -0.2) is 114 Å². The van der Waals surface area contributed by atoms with Crippen molar-refractivity contribution in [3.05, 3.63) is 76.6 Å². The van der Waals surface area contributed by atoms with Gasteiger partial charge in [0.1, 0.15) is 12.3 Å². The molecule has 21 heteroatoms. The number of nitrogens with zero attached hydrogens (tertiary/aromatic N) is 8. The smallest absolute Gasteiger partial charge is 0.435 e. The van der Waals surface area contributed by atoms with E-state index in [1.54, 1.807) is 37.8 Å². The third kappa shape index (κ3) is 10.8. The summed E-state index contributed by atoms with van der Waals surface area (Å²) in [5.74, 6) is -2.25. The second-order valence-corrected chi connectivity index (χ2v) is 23.2. The Morgan fingerprint density at radius 2 is 1.68 bits per heavy atom.